The van der Waals surface area contributed by atoms with Crippen LogP contribution in [0.25, 0.3) is 0 Å². The van der Waals surface area contributed by atoms with Crippen LogP contribution >= 0.6 is 0 Å². The molecule has 1 aliphatic rings. The Bertz CT molecular complexity index is 365. The fraction of sp³-hybridized carbons (Fsp3) is 0.500. The predicted molar refractivity (Wildman–Crippen MR) is 63.4 cm³/mol. The van der Waals surface area contributed by atoms with Gasteiger partial charge in [-0.1, -0.05) is 31.4 Å². The standard InChI is InChI=1S/C14H18O2/c15-13-8-4-5-11(9-13)10-14(16)12-6-2-1-3-7-12/h4-5,8-9,12,15H,1-3,6-7,10H2. The molecule has 1 aliphatic carbocycles. The second-order valence-electron chi connectivity index (χ2n) is 4.65. The van der Waals surface area contributed by atoms with Gasteiger partial charge in [-0.3, -0.25) is 4.79 Å². The molecule has 0 aromatic heterocycles. The summed E-state index contributed by atoms with van der Waals surface area (Å²) in [5.41, 5.74) is 0.926. The molecule has 0 saturated heterocycles. The van der Waals surface area contributed by atoms with E-state index in [1.807, 2.05) is 6.07 Å². The van der Waals surface area contributed by atoms with E-state index in [9.17, 15) is 9.90 Å². The van der Waals surface area contributed by atoms with Gasteiger partial charge in [0.05, 0.1) is 0 Å². The minimum atomic E-state index is 0.244. The lowest BCUT2D eigenvalue weighted by Crippen LogP contribution is -2.19. The minimum absolute atomic E-state index is 0.244. The van der Waals surface area contributed by atoms with E-state index in [-0.39, 0.29) is 11.7 Å². The average molecular weight is 218 g/mol. The first-order valence-corrected chi connectivity index (χ1v) is 6.06. The average Bonchev–Trinajstić information content (AvgIpc) is 2.30. The molecule has 0 heterocycles. The van der Waals surface area contributed by atoms with Crippen molar-refractivity contribution in [1.29, 1.82) is 0 Å². The largest absolute Gasteiger partial charge is 0.508 e. The van der Waals surface area contributed by atoms with Crippen molar-refractivity contribution in [1.82, 2.24) is 0 Å². The van der Waals surface area contributed by atoms with Crippen LogP contribution in [0.2, 0.25) is 0 Å². The Morgan fingerprint density at radius 2 is 2.00 bits per heavy atom. The summed E-state index contributed by atoms with van der Waals surface area (Å²) in [5, 5.41) is 9.32. The Morgan fingerprint density at radius 1 is 1.25 bits per heavy atom. The summed E-state index contributed by atoms with van der Waals surface area (Å²) in [5.74, 6) is 0.843. The monoisotopic (exact) mass is 218 g/mol. The van der Waals surface area contributed by atoms with E-state index in [0.29, 0.717) is 12.2 Å². The number of carbonyl (C=O) groups excluding carboxylic acids is 1. The van der Waals surface area contributed by atoms with Crippen molar-refractivity contribution in [2.45, 2.75) is 38.5 Å². The van der Waals surface area contributed by atoms with Crippen molar-refractivity contribution in [3.63, 3.8) is 0 Å². The Balaban J connectivity index is 1.96. The number of phenols is 1. The quantitative estimate of drug-likeness (QED) is 0.846. The highest BCUT2D eigenvalue weighted by molar-refractivity contribution is 5.83. The zero-order chi connectivity index (χ0) is 11.4. The molecule has 0 spiro atoms. The van der Waals surface area contributed by atoms with Gasteiger partial charge in [-0.05, 0) is 30.5 Å². The van der Waals surface area contributed by atoms with E-state index < -0.39 is 0 Å². The topological polar surface area (TPSA) is 37.3 Å². The lowest BCUT2D eigenvalue weighted by Gasteiger charge is -2.20. The number of Topliss-reactive ketones (excluding diaryl/α,β-unsaturated/α-hetero) is 1. The van der Waals surface area contributed by atoms with Crippen LogP contribution in [0, 0.1) is 5.92 Å². The van der Waals surface area contributed by atoms with Gasteiger partial charge in [0.1, 0.15) is 11.5 Å². The van der Waals surface area contributed by atoms with Crippen molar-refractivity contribution in [3.8, 4) is 5.75 Å². The molecule has 1 fully saturated rings. The van der Waals surface area contributed by atoms with Gasteiger partial charge in [0.25, 0.3) is 0 Å². The highest BCUT2D eigenvalue weighted by Crippen LogP contribution is 2.25. The molecule has 0 amide bonds. The zero-order valence-corrected chi connectivity index (χ0v) is 9.48. The molecule has 0 atom stereocenters. The maximum Gasteiger partial charge on any atom is 0.140 e. The van der Waals surface area contributed by atoms with Crippen LogP contribution in [-0.4, -0.2) is 10.9 Å². The smallest absolute Gasteiger partial charge is 0.140 e. The van der Waals surface area contributed by atoms with E-state index in [0.717, 1.165) is 18.4 Å². The fourth-order valence-corrected chi connectivity index (χ4v) is 2.44. The van der Waals surface area contributed by atoms with Crippen LogP contribution in [0.15, 0.2) is 24.3 Å². The number of phenolic OH excluding ortho intramolecular Hbond substituents is 1. The molecular weight excluding hydrogens is 200 g/mol. The maximum atomic E-state index is 12.0. The molecule has 16 heavy (non-hydrogen) atoms. The Hall–Kier alpha value is -1.31. The van der Waals surface area contributed by atoms with E-state index in [2.05, 4.69) is 0 Å². The fourth-order valence-electron chi connectivity index (χ4n) is 2.44. The third-order valence-electron chi connectivity index (χ3n) is 3.35. The Kier molecular flexibility index (Phi) is 3.60. The van der Waals surface area contributed by atoms with Gasteiger partial charge >= 0.3 is 0 Å². The van der Waals surface area contributed by atoms with Crippen LogP contribution in [-0.2, 0) is 11.2 Å². The van der Waals surface area contributed by atoms with Crippen molar-refractivity contribution >= 4 is 5.78 Å². The lowest BCUT2D eigenvalue weighted by atomic mass is 9.84. The van der Waals surface area contributed by atoms with E-state index >= 15 is 0 Å². The van der Waals surface area contributed by atoms with Crippen molar-refractivity contribution < 1.29 is 9.90 Å². The van der Waals surface area contributed by atoms with Crippen molar-refractivity contribution in [3.05, 3.63) is 29.8 Å². The third-order valence-corrected chi connectivity index (χ3v) is 3.35. The predicted octanol–water partition coefficient (Wildman–Crippen LogP) is 3.08. The number of aromatic hydroxyl groups is 1. The van der Waals surface area contributed by atoms with Crippen LogP contribution in [0.5, 0.6) is 5.75 Å². The van der Waals surface area contributed by atoms with E-state index in [1.165, 1.54) is 19.3 Å². The molecule has 0 unspecified atom stereocenters. The molecule has 2 rings (SSSR count). The molecule has 1 aromatic rings. The molecule has 0 bridgehead atoms. The molecule has 1 aromatic carbocycles. The molecule has 1 saturated carbocycles. The van der Waals surface area contributed by atoms with Crippen molar-refractivity contribution in [2.24, 2.45) is 5.92 Å². The first-order chi connectivity index (χ1) is 7.75. The third kappa shape index (κ3) is 2.84. The molecule has 2 nitrogen and oxygen atoms in total. The Labute approximate surface area is 96.3 Å². The first kappa shape index (κ1) is 11.2. The van der Waals surface area contributed by atoms with Crippen LogP contribution < -0.4 is 0 Å². The number of ketones is 1. The summed E-state index contributed by atoms with van der Waals surface area (Å²) >= 11 is 0. The summed E-state index contributed by atoms with van der Waals surface area (Å²) in [6.07, 6.45) is 6.23. The number of benzene rings is 1. The van der Waals surface area contributed by atoms with E-state index in [1.54, 1.807) is 18.2 Å². The van der Waals surface area contributed by atoms with E-state index in [4.69, 9.17) is 0 Å². The maximum absolute atomic E-state index is 12.0. The zero-order valence-electron chi connectivity index (χ0n) is 9.48. The molecule has 0 radical (unpaired) electrons. The highest BCUT2D eigenvalue weighted by Gasteiger charge is 2.20. The van der Waals surface area contributed by atoms with Gasteiger partial charge in [-0.2, -0.15) is 0 Å². The number of hydrogen-bond donors (Lipinski definition) is 1. The second-order valence-corrected chi connectivity index (χ2v) is 4.65. The highest BCUT2D eigenvalue weighted by atomic mass is 16.3. The SMILES string of the molecule is O=C(Cc1cccc(O)c1)C1CCCCC1. The van der Waals surface area contributed by atoms with Gasteiger partial charge in [-0.15, -0.1) is 0 Å². The summed E-state index contributed by atoms with van der Waals surface area (Å²) in [6.45, 7) is 0. The van der Waals surface area contributed by atoms with Gasteiger partial charge in [-0.25, -0.2) is 0 Å². The summed E-state index contributed by atoms with van der Waals surface area (Å²) in [7, 11) is 0. The first-order valence-electron chi connectivity index (χ1n) is 6.06. The molecule has 2 heteroatoms. The lowest BCUT2D eigenvalue weighted by molar-refractivity contribution is -0.123. The molecular formula is C14H18O2. The second kappa shape index (κ2) is 5.15. The van der Waals surface area contributed by atoms with Crippen molar-refractivity contribution in [2.75, 3.05) is 0 Å². The molecule has 1 N–H and O–H groups in total. The normalized spacial score (nSPS) is 17.2. The summed E-state index contributed by atoms with van der Waals surface area (Å²) in [6, 6.07) is 7.01. The number of rotatable bonds is 3. The van der Waals surface area contributed by atoms with Gasteiger partial charge in [0.2, 0.25) is 0 Å². The van der Waals surface area contributed by atoms with Gasteiger partial charge < -0.3 is 5.11 Å². The van der Waals surface area contributed by atoms with Gasteiger partial charge in [0.15, 0.2) is 0 Å². The van der Waals surface area contributed by atoms with Crippen LogP contribution in [0.1, 0.15) is 37.7 Å². The van der Waals surface area contributed by atoms with Crippen LogP contribution in [0.4, 0.5) is 0 Å². The minimum Gasteiger partial charge on any atom is -0.508 e. The Morgan fingerprint density at radius 3 is 2.69 bits per heavy atom. The van der Waals surface area contributed by atoms with Crippen LogP contribution in [0.3, 0.4) is 0 Å². The number of carbonyl (C=O) groups is 1. The summed E-state index contributed by atoms with van der Waals surface area (Å²) in [4.78, 5) is 12.0. The van der Waals surface area contributed by atoms with Gasteiger partial charge in [0, 0.05) is 12.3 Å². The number of hydrogen-bond acceptors (Lipinski definition) is 2. The molecule has 0 aliphatic heterocycles. The molecule has 86 valence electrons. The summed E-state index contributed by atoms with van der Waals surface area (Å²) < 4.78 is 0.